The van der Waals surface area contributed by atoms with E-state index in [-0.39, 0.29) is 0 Å². The van der Waals surface area contributed by atoms with Crippen molar-refractivity contribution in [3.63, 3.8) is 0 Å². The second-order valence-electron chi connectivity index (χ2n) is 4.58. The Morgan fingerprint density at radius 1 is 1.14 bits per heavy atom. The zero-order valence-corrected chi connectivity index (χ0v) is 13.0. The third-order valence-corrected chi connectivity index (χ3v) is 3.37. The summed E-state index contributed by atoms with van der Waals surface area (Å²) in [5, 5.41) is 3.82. The maximum Gasteiger partial charge on any atom is 0.131 e. The maximum absolute atomic E-state index is 5.84. The van der Waals surface area contributed by atoms with Gasteiger partial charge in [0.2, 0.25) is 0 Å². The van der Waals surface area contributed by atoms with Crippen molar-refractivity contribution in [1.29, 1.82) is 0 Å². The highest BCUT2D eigenvalue weighted by Gasteiger charge is 2.05. The Kier molecular flexibility index (Phi) is 5.69. The van der Waals surface area contributed by atoms with Gasteiger partial charge in [0.15, 0.2) is 0 Å². The largest absolute Gasteiger partial charge is 0.497 e. The van der Waals surface area contributed by atoms with Gasteiger partial charge in [-0.2, -0.15) is 0 Å². The average molecular weight is 307 g/mol. The Morgan fingerprint density at radius 2 is 2.00 bits per heavy atom. The molecule has 1 heterocycles. The van der Waals surface area contributed by atoms with Gasteiger partial charge >= 0.3 is 0 Å². The normalized spacial score (nSPS) is 10.2. The molecule has 0 saturated carbocycles. The minimum Gasteiger partial charge on any atom is -0.497 e. The van der Waals surface area contributed by atoms with Crippen LogP contribution in [0, 0.1) is 0 Å². The van der Waals surface area contributed by atoms with Gasteiger partial charge < -0.3 is 14.8 Å². The molecule has 1 aromatic carbocycles. The number of rotatable bonds is 7. The molecule has 0 bridgehead atoms. The van der Waals surface area contributed by atoms with E-state index in [4.69, 9.17) is 21.1 Å². The lowest BCUT2D eigenvalue weighted by atomic mass is 10.1. The Balaban J connectivity index is 1.88. The van der Waals surface area contributed by atoms with Crippen molar-refractivity contribution in [2.75, 3.05) is 26.1 Å². The molecular weight excluding hydrogens is 288 g/mol. The van der Waals surface area contributed by atoms with Gasteiger partial charge in [-0.3, -0.25) is 0 Å². The van der Waals surface area contributed by atoms with Crippen LogP contribution in [-0.2, 0) is 6.42 Å². The zero-order chi connectivity index (χ0) is 15.1. The van der Waals surface area contributed by atoms with Crippen LogP contribution in [-0.4, -0.2) is 25.7 Å². The smallest absolute Gasteiger partial charge is 0.131 e. The lowest BCUT2D eigenvalue weighted by Gasteiger charge is -2.11. The van der Waals surface area contributed by atoms with Crippen molar-refractivity contribution < 1.29 is 9.47 Å². The molecule has 1 aromatic heterocycles. The second-order valence-corrected chi connectivity index (χ2v) is 4.96. The SMILES string of the molecule is COc1ccc(OC)c(CCCNc2ccnc(Cl)c2)c1. The number of pyridine rings is 1. The number of ether oxygens (including phenoxy) is 2. The lowest BCUT2D eigenvalue weighted by Crippen LogP contribution is -2.04. The van der Waals surface area contributed by atoms with Crippen LogP contribution in [0.3, 0.4) is 0 Å². The molecule has 0 fully saturated rings. The number of nitrogens with zero attached hydrogens (tertiary/aromatic N) is 1. The Morgan fingerprint density at radius 3 is 2.71 bits per heavy atom. The van der Waals surface area contributed by atoms with Gasteiger partial charge in [-0.1, -0.05) is 11.6 Å². The number of anilines is 1. The second kappa shape index (κ2) is 7.74. The summed E-state index contributed by atoms with van der Waals surface area (Å²) in [6, 6.07) is 9.57. The van der Waals surface area contributed by atoms with Crippen molar-refractivity contribution >= 4 is 17.3 Å². The van der Waals surface area contributed by atoms with Crippen LogP contribution in [0.1, 0.15) is 12.0 Å². The molecule has 21 heavy (non-hydrogen) atoms. The molecule has 0 aliphatic carbocycles. The van der Waals surface area contributed by atoms with Crippen molar-refractivity contribution in [3.05, 3.63) is 47.2 Å². The number of halogens is 1. The predicted molar refractivity (Wildman–Crippen MR) is 85.6 cm³/mol. The van der Waals surface area contributed by atoms with E-state index in [1.54, 1.807) is 20.4 Å². The van der Waals surface area contributed by atoms with Gasteiger partial charge in [-0.05, 0) is 48.7 Å². The van der Waals surface area contributed by atoms with E-state index < -0.39 is 0 Å². The van der Waals surface area contributed by atoms with E-state index in [2.05, 4.69) is 10.3 Å². The van der Waals surface area contributed by atoms with E-state index in [0.29, 0.717) is 5.15 Å². The van der Waals surface area contributed by atoms with Gasteiger partial charge in [0.05, 0.1) is 14.2 Å². The minimum atomic E-state index is 0.495. The summed E-state index contributed by atoms with van der Waals surface area (Å²) in [4.78, 5) is 3.95. The van der Waals surface area contributed by atoms with Crippen molar-refractivity contribution in [2.24, 2.45) is 0 Å². The van der Waals surface area contributed by atoms with Gasteiger partial charge in [0, 0.05) is 18.4 Å². The molecule has 2 aromatic rings. The molecule has 0 unspecified atom stereocenters. The molecule has 0 amide bonds. The molecule has 0 radical (unpaired) electrons. The van der Waals surface area contributed by atoms with Crippen molar-refractivity contribution in [3.8, 4) is 11.5 Å². The fraction of sp³-hybridized carbons (Fsp3) is 0.312. The van der Waals surface area contributed by atoms with Crippen molar-refractivity contribution in [1.82, 2.24) is 4.98 Å². The van der Waals surface area contributed by atoms with Gasteiger partial charge in [0.1, 0.15) is 16.7 Å². The quantitative estimate of drug-likeness (QED) is 0.624. The monoisotopic (exact) mass is 306 g/mol. The molecular formula is C16H19ClN2O2. The number of nitrogens with one attached hydrogen (secondary N) is 1. The van der Waals surface area contributed by atoms with Crippen LogP contribution in [0.15, 0.2) is 36.5 Å². The number of aryl methyl sites for hydroxylation is 1. The van der Waals surface area contributed by atoms with E-state index in [9.17, 15) is 0 Å². The third-order valence-electron chi connectivity index (χ3n) is 3.17. The fourth-order valence-electron chi connectivity index (χ4n) is 2.10. The van der Waals surface area contributed by atoms with Crippen molar-refractivity contribution in [2.45, 2.75) is 12.8 Å². The van der Waals surface area contributed by atoms with E-state index >= 15 is 0 Å². The summed E-state index contributed by atoms with van der Waals surface area (Å²) >= 11 is 5.84. The number of hydrogen-bond acceptors (Lipinski definition) is 4. The highest BCUT2D eigenvalue weighted by Crippen LogP contribution is 2.25. The number of benzene rings is 1. The third kappa shape index (κ3) is 4.53. The highest BCUT2D eigenvalue weighted by atomic mass is 35.5. The molecule has 0 spiro atoms. The Hall–Kier alpha value is -1.94. The molecule has 0 aliphatic heterocycles. The first kappa shape index (κ1) is 15.4. The number of methoxy groups -OCH3 is 2. The molecule has 5 heteroatoms. The topological polar surface area (TPSA) is 43.4 Å². The summed E-state index contributed by atoms with van der Waals surface area (Å²) in [5.41, 5.74) is 2.12. The summed E-state index contributed by atoms with van der Waals surface area (Å²) in [6.45, 7) is 0.848. The summed E-state index contributed by atoms with van der Waals surface area (Å²) in [7, 11) is 3.35. The van der Waals surface area contributed by atoms with Gasteiger partial charge in [-0.15, -0.1) is 0 Å². The Labute approximate surface area is 130 Å². The molecule has 4 nitrogen and oxygen atoms in total. The first-order valence-corrected chi connectivity index (χ1v) is 7.17. The van der Waals surface area contributed by atoms with Crippen LogP contribution in [0.25, 0.3) is 0 Å². The molecule has 2 rings (SSSR count). The summed E-state index contributed by atoms with van der Waals surface area (Å²) in [5.74, 6) is 1.74. The average Bonchev–Trinajstić information content (AvgIpc) is 2.51. The molecule has 0 saturated heterocycles. The first-order chi connectivity index (χ1) is 10.2. The van der Waals surface area contributed by atoms with Gasteiger partial charge in [0.25, 0.3) is 0 Å². The van der Waals surface area contributed by atoms with Crippen LogP contribution in [0.5, 0.6) is 11.5 Å². The predicted octanol–water partition coefficient (Wildman–Crippen LogP) is 3.80. The lowest BCUT2D eigenvalue weighted by molar-refractivity contribution is 0.398. The zero-order valence-electron chi connectivity index (χ0n) is 12.2. The summed E-state index contributed by atoms with van der Waals surface area (Å²) in [6.07, 6.45) is 3.57. The highest BCUT2D eigenvalue weighted by molar-refractivity contribution is 6.29. The van der Waals surface area contributed by atoms with E-state index in [1.165, 1.54) is 0 Å². The Bertz CT molecular complexity index is 590. The van der Waals surface area contributed by atoms with Crippen LogP contribution >= 0.6 is 11.6 Å². The van der Waals surface area contributed by atoms with Gasteiger partial charge in [-0.25, -0.2) is 4.98 Å². The van der Waals surface area contributed by atoms with Crippen LogP contribution in [0.2, 0.25) is 5.15 Å². The molecule has 1 N–H and O–H groups in total. The number of aromatic nitrogens is 1. The van der Waals surface area contributed by atoms with Crippen LogP contribution in [0.4, 0.5) is 5.69 Å². The minimum absolute atomic E-state index is 0.495. The molecule has 0 atom stereocenters. The molecule has 112 valence electrons. The van der Waals surface area contributed by atoms with E-state index in [1.807, 2.05) is 30.3 Å². The van der Waals surface area contributed by atoms with E-state index in [0.717, 1.165) is 42.1 Å². The number of hydrogen-bond donors (Lipinski definition) is 1. The first-order valence-electron chi connectivity index (χ1n) is 6.79. The summed E-state index contributed by atoms with van der Waals surface area (Å²) < 4.78 is 10.6. The molecule has 0 aliphatic rings. The fourth-order valence-corrected chi connectivity index (χ4v) is 2.28. The standard InChI is InChI=1S/C16H19ClN2O2/c1-20-14-5-6-15(21-2)12(10-14)4-3-8-18-13-7-9-19-16(17)11-13/h5-7,9-11H,3-4,8H2,1-2H3,(H,18,19). The maximum atomic E-state index is 5.84. The van der Waals surface area contributed by atoms with Crippen LogP contribution < -0.4 is 14.8 Å².